The number of carboxylic acids is 1. The standard InChI is InChI=1S/C18H14N2O4/c19-16(21)9-14-13-6-1-2-7-15(13)20(17(14)22)10-11-4-3-5-12(8-11)18(23)24/h1-9H,10H2,(H2,19,21)(H,23,24)/b14-9+. The summed E-state index contributed by atoms with van der Waals surface area (Å²) >= 11 is 0. The van der Waals surface area contributed by atoms with Crippen molar-refractivity contribution in [2.45, 2.75) is 6.54 Å². The second kappa shape index (κ2) is 6.00. The molecule has 1 aliphatic rings. The fourth-order valence-corrected chi connectivity index (χ4v) is 2.73. The molecule has 0 aliphatic carbocycles. The number of rotatable bonds is 4. The fraction of sp³-hybridized carbons (Fsp3) is 0.0556. The summed E-state index contributed by atoms with van der Waals surface area (Å²) in [6.07, 6.45) is 1.12. The van der Waals surface area contributed by atoms with Gasteiger partial charge in [-0.3, -0.25) is 9.59 Å². The molecule has 0 atom stereocenters. The number of hydrogen-bond acceptors (Lipinski definition) is 3. The normalized spacial score (nSPS) is 14.8. The number of para-hydroxylation sites is 1. The Bertz CT molecular complexity index is 886. The quantitative estimate of drug-likeness (QED) is 0.838. The highest BCUT2D eigenvalue weighted by Crippen LogP contribution is 2.37. The summed E-state index contributed by atoms with van der Waals surface area (Å²) in [5.74, 6) is -2.06. The summed E-state index contributed by atoms with van der Waals surface area (Å²) in [5.41, 5.74) is 7.56. The minimum absolute atomic E-state index is 0.153. The van der Waals surface area contributed by atoms with Gasteiger partial charge in [0.1, 0.15) is 0 Å². The molecule has 0 saturated heterocycles. The van der Waals surface area contributed by atoms with E-state index in [2.05, 4.69) is 0 Å². The Labute approximate surface area is 137 Å². The number of anilines is 1. The highest BCUT2D eigenvalue weighted by Gasteiger charge is 2.32. The van der Waals surface area contributed by atoms with Crippen LogP contribution in [0.2, 0.25) is 0 Å². The van der Waals surface area contributed by atoms with Gasteiger partial charge in [-0.15, -0.1) is 0 Å². The smallest absolute Gasteiger partial charge is 0.335 e. The summed E-state index contributed by atoms with van der Waals surface area (Å²) in [6.45, 7) is 0.201. The van der Waals surface area contributed by atoms with Gasteiger partial charge < -0.3 is 15.7 Å². The third-order valence-corrected chi connectivity index (χ3v) is 3.76. The molecule has 0 aromatic heterocycles. The number of benzene rings is 2. The lowest BCUT2D eigenvalue weighted by molar-refractivity contribution is -0.115. The van der Waals surface area contributed by atoms with Gasteiger partial charge in [-0.1, -0.05) is 30.3 Å². The molecule has 0 saturated carbocycles. The lowest BCUT2D eigenvalue weighted by Crippen LogP contribution is -2.26. The molecule has 120 valence electrons. The lowest BCUT2D eigenvalue weighted by atomic mass is 10.1. The molecule has 6 heteroatoms. The molecule has 0 bridgehead atoms. The Morgan fingerprint density at radius 1 is 1.12 bits per heavy atom. The minimum Gasteiger partial charge on any atom is -0.478 e. The first-order chi connectivity index (χ1) is 11.5. The molecule has 0 radical (unpaired) electrons. The van der Waals surface area contributed by atoms with Crippen LogP contribution in [-0.2, 0) is 16.1 Å². The molecule has 2 aromatic carbocycles. The molecule has 0 unspecified atom stereocenters. The molecule has 3 N–H and O–H groups in total. The number of primary amides is 1. The monoisotopic (exact) mass is 322 g/mol. The molecule has 3 rings (SSSR count). The maximum Gasteiger partial charge on any atom is 0.335 e. The molecule has 0 spiro atoms. The first-order valence-electron chi connectivity index (χ1n) is 7.22. The first kappa shape index (κ1) is 15.5. The maximum absolute atomic E-state index is 12.7. The Morgan fingerprint density at radius 2 is 1.88 bits per heavy atom. The second-order valence-corrected chi connectivity index (χ2v) is 5.37. The van der Waals surface area contributed by atoms with Gasteiger partial charge in [0.2, 0.25) is 5.91 Å². The molecule has 6 nitrogen and oxygen atoms in total. The Balaban J connectivity index is 2.00. The van der Waals surface area contributed by atoms with Gasteiger partial charge in [0.25, 0.3) is 5.91 Å². The Morgan fingerprint density at radius 3 is 2.58 bits per heavy atom. The van der Waals surface area contributed by atoms with Crippen molar-refractivity contribution in [2.24, 2.45) is 5.73 Å². The number of hydrogen-bond donors (Lipinski definition) is 2. The van der Waals surface area contributed by atoms with Crippen LogP contribution in [-0.4, -0.2) is 22.9 Å². The fourth-order valence-electron chi connectivity index (χ4n) is 2.73. The van der Waals surface area contributed by atoms with Crippen LogP contribution >= 0.6 is 0 Å². The topological polar surface area (TPSA) is 101 Å². The van der Waals surface area contributed by atoms with Gasteiger partial charge in [-0.25, -0.2) is 4.79 Å². The number of nitrogens with zero attached hydrogens (tertiary/aromatic N) is 1. The zero-order chi connectivity index (χ0) is 17.3. The van der Waals surface area contributed by atoms with Gasteiger partial charge >= 0.3 is 5.97 Å². The molecular formula is C18H14N2O4. The molecule has 1 aliphatic heterocycles. The second-order valence-electron chi connectivity index (χ2n) is 5.37. The summed E-state index contributed by atoms with van der Waals surface area (Å²) in [4.78, 5) is 36.5. The summed E-state index contributed by atoms with van der Waals surface area (Å²) in [5, 5.41) is 9.08. The SMILES string of the molecule is NC(=O)/C=C1/C(=O)N(Cc2cccc(C(=O)O)c2)c2ccccc21. The lowest BCUT2D eigenvalue weighted by Gasteiger charge is -2.17. The maximum atomic E-state index is 12.7. The van der Waals surface area contributed by atoms with Crippen molar-refractivity contribution in [1.29, 1.82) is 0 Å². The van der Waals surface area contributed by atoms with Crippen molar-refractivity contribution in [3.63, 3.8) is 0 Å². The van der Waals surface area contributed by atoms with E-state index in [0.29, 0.717) is 16.8 Å². The van der Waals surface area contributed by atoms with Crippen molar-refractivity contribution < 1.29 is 19.5 Å². The molecule has 2 amide bonds. The molecule has 1 heterocycles. The van der Waals surface area contributed by atoms with E-state index >= 15 is 0 Å². The number of fused-ring (bicyclic) bond motifs is 1. The number of carbonyl (C=O) groups is 3. The van der Waals surface area contributed by atoms with E-state index in [1.54, 1.807) is 36.4 Å². The van der Waals surface area contributed by atoms with E-state index in [1.165, 1.54) is 17.0 Å². The van der Waals surface area contributed by atoms with E-state index in [4.69, 9.17) is 10.8 Å². The predicted octanol–water partition coefficient (Wildman–Crippen LogP) is 1.80. The number of carboxylic acid groups (broad SMARTS) is 1. The van der Waals surface area contributed by atoms with E-state index in [9.17, 15) is 14.4 Å². The summed E-state index contributed by atoms with van der Waals surface area (Å²) < 4.78 is 0. The molecule has 0 fully saturated rings. The van der Waals surface area contributed by atoms with Crippen LogP contribution in [0.4, 0.5) is 5.69 Å². The number of carbonyl (C=O) groups excluding carboxylic acids is 2. The van der Waals surface area contributed by atoms with Crippen LogP contribution in [0.1, 0.15) is 21.5 Å². The van der Waals surface area contributed by atoms with Gasteiger partial charge in [0.15, 0.2) is 0 Å². The Hall–Kier alpha value is -3.41. The average molecular weight is 322 g/mol. The third-order valence-electron chi connectivity index (χ3n) is 3.76. The number of nitrogens with two attached hydrogens (primary N) is 1. The van der Waals surface area contributed by atoms with Crippen LogP contribution in [0, 0.1) is 0 Å². The van der Waals surface area contributed by atoms with Crippen LogP contribution in [0.3, 0.4) is 0 Å². The van der Waals surface area contributed by atoms with Crippen molar-refractivity contribution in [2.75, 3.05) is 4.90 Å². The van der Waals surface area contributed by atoms with Crippen molar-refractivity contribution >= 4 is 29.0 Å². The number of amides is 2. The van der Waals surface area contributed by atoms with Crippen LogP contribution in [0.25, 0.3) is 5.57 Å². The van der Waals surface area contributed by atoms with Gasteiger partial charge in [-0.2, -0.15) is 0 Å². The van der Waals surface area contributed by atoms with Gasteiger partial charge in [-0.05, 0) is 23.8 Å². The molecular weight excluding hydrogens is 308 g/mol. The van der Waals surface area contributed by atoms with Crippen LogP contribution in [0.5, 0.6) is 0 Å². The van der Waals surface area contributed by atoms with Crippen molar-refractivity contribution in [3.05, 3.63) is 71.3 Å². The highest BCUT2D eigenvalue weighted by atomic mass is 16.4. The number of aromatic carboxylic acids is 1. The van der Waals surface area contributed by atoms with Crippen molar-refractivity contribution in [3.8, 4) is 0 Å². The zero-order valence-corrected chi connectivity index (χ0v) is 12.6. The van der Waals surface area contributed by atoms with Gasteiger partial charge in [0.05, 0.1) is 23.4 Å². The van der Waals surface area contributed by atoms with Crippen LogP contribution < -0.4 is 10.6 Å². The third kappa shape index (κ3) is 2.77. The van der Waals surface area contributed by atoms with Crippen molar-refractivity contribution in [1.82, 2.24) is 0 Å². The highest BCUT2D eigenvalue weighted by molar-refractivity contribution is 6.34. The molecule has 24 heavy (non-hydrogen) atoms. The summed E-state index contributed by atoms with van der Waals surface area (Å²) in [6, 6.07) is 13.5. The average Bonchev–Trinajstić information content (AvgIpc) is 2.81. The van der Waals surface area contributed by atoms with E-state index < -0.39 is 11.9 Å². The molecule has 2 aromatic rings. The predicted molar refractivity (Wildman–Crippen MR) is 88.2 cm³/mol. The van der Waals surface area contributed by atoms with Crippen LogP contribution in [0.15, 0.2) is 54.6 Å². The van der Waals surface area contributed by atoms with E-state index in [-0.39, 0.29) is 23.6 Å². The Kier molecular flexibility index (Phi) is 3.87. The summed E-state index contributed by atoms with van der Waals surface area (Å²) in [7, 11) is 0. The van der Waals surface area contributed by atoms with E-state index in [0.717, 1.165) is 6.08 Å². The zero-order valence-electron chi connectivity index (χ0n) is 12.6. The minimum atomic E-state index is -1.03. The first-order valence-corrected chi connectivity index (χ1v) is 7.22. The van der Waals surface area contributed by atoms with Gasteiger partial charge in [0, 0.05) is 11.6 Å². The largest absolute Gasteiger partial charge is 0.478 e. The van der Waals surface area contributed by atoms with E-state index in [1.807, 2.05) is 0 Å².